The van der Waals surface area contributed by atoms with Gasteiger partial charge in [0.1, 0.15) is 16.7 Å². The number of primary amides is 1. The minimum absolute atomic E-state index is 0.0111. The number of aliphatic carboxylic acids is 1. The van der Waals surface area contributed by atoms with E-state index in [1.807, 2.05) is 12.1 Å². The summed E-state index contributed by atoms with van der Waals surface area (Å²) in [6, 6.07) is 16.2. The molecule has 2 aliphatic heterocycles. The number of carboxylic acids is 1. The van der Waals surface area contributed by atoms with Gasteiger partial charge in [-0.2, -0.15) is 5.26 Å². The van der Waals surface area contributed by atoms with Crippen LogP contribution in [0.15, 0.2) is 72.7 Å². The number of carbonyl (C=O) groups excluding carboxylic acids is 3. The Kier molecular flexibility index (Phi) is 7.84. The molecule has 1 aromatic heterocycles. The van der Waals surface area contributed by atoms with Crippen LogP contribution in [0, 0.1) is 20.3 Å². The van der Waals surface area contributed by atoms with Crippen LogP contribution < -0.4 is 16.0 Å². The predicted molar refractivity (Wildman–Crippen MR) is 186 cm³/mol. The number of carboxylic acid groups (broad SMARTS) is 1. The lowest BCUT2D eigenvalue weighted by atomic mass is 9.90. The number of fused-ring (bicyclic) bond motifs is 1. The SMILES string of the molecule is C[C@@]1(Cc2ccc(C#N)cc2)C(=O)N(c2cc(Cl)cc(Cl)c2)C2N(C3CC3(C(N)=O)C(=O)NC3(c4ccc(I)cn4)CC3)C=C(C(=O)O)N21. The van der Waals surface area contributed by atoms with E-state index < -0.39 is 52.5 Å². The van der Waals surface area contributed by atoms with Gasteiger partial charge in [0.15, 0.2) is 6.29 Å². The summed E-state index contributed by atoms with van der Waals surface area (Å²) in [4.78, 5) is 63.9. The number of nitrogens with one attached hydrogen (secondary N) is 1. The number of hydrogen-bond acceptors (Lipinski definition) is 8. The Morgan fingerprint density at radius 1 is 1.12 bits per heavy atom. The Hall–Kier alpha value is -4.39. The van der Waals surface area contributed by atoms with E-state index in [0.29, 0.717) is 35.3 Å². The van der Waals surface area contributed by atoms with E-state index in [2.05, 4.69) is 39.0 Å². The van der Waals surface area contributed by atoms with Gasteiger partial charge in [-0.1, -0.05) is 35.3 Å². The molecule has 2 aromatic carbocycles. The Balaban J connectivity index is 1.29. The number of nitrogens with zero attached hydrogens (tertiary/aromatic N) is 5. The zero-order valence-corrected chi connectivity index (χ0v) is 29.5. The molecular weight excluding hydrogens is 784 g/mol. The molecule has 4 aliphatic rings. The standard InChI is InChI=1S/C34H28Cl2IN7O5/c1-32(13-18-2-4-19(15-38)5-3-18)30(49)43(23-11-20(35)10-21(36)12-23)31-42(17-24(27(45)46)44(31)32)26-14-34(26,28(39)47)29(48)41-33(8-9-33)25-7-6-22(37)16-40-25/h2-7,10-12,16-17,26,31H,8-9,13-14H2,1H3,(H2,39,47)(H,41,48)(H,45,46)/t26?,31?,32-,34?/m1/s1. The van der Waals surface area contributed by atoms with E-state index in [-0.39, 0.29) is 28.6 Å². The van der Waals surface area contributed by atoms with Gasteiger partial charge in [-0.15, -0.1) is 0 Å². The largest absolute Gasteiger partial charge is 0.477 e. The number of halogens is 3. The van der Waals surface area contributed by atoms with Crippen molar-refractivity contribution in [2.75, 3.05) is 4.90 Å². The Bertz CT molecular complexity index is 2000. The number of nitrogens with two attached hydrogens (primary N) is 1. The third-order valence-corrected chi connectivity index (χ3v) is 11.0. The van der Waals surface area contributed by atoms with Crippen LogP contribution in [-0.4, -0.2) is 61.5 Å². The van der Waals surface area contributed by atoms with Crippen molar-refractivity contribution in [2.24, 2.45) is 11.1 Å². The van der Waals surface area contributed by atoms with Crippen molar-refractivity contribution in [3.63, 3.8) is 0 Å². The van der Waals surface area contributed by atoms with E-state index in [9.17, 15) is 29.5 Å². The average Bonchev–Trinajstić information content (AvgIpc) is 3.95. The van der Waals surface area contributed by atoms with Crippen molar-refractivity contribution < 1.29 is 24.3 Å². The molecule has 250 valence electrons. The summed E-state index contributed by atoms with van der Waals surface area (Å²) in [6.45, 7) is 1.64. The van der Waals surface area contributed by atoms with Gasteiger partial charge in [0.2, 0.25) is 11.8 Å². The fraction of sp³-hybridized carbons (Fsp3) is 0.294. The smallest absolute Gasteiger partial charge is 0.353 e. The van der Waals surface area contributed by atoms with Gasteiger partial charge in [0.05, 0.1) is 34.6 Å². The molecule has 0 radical (unpaired) electrons. The van der Waals surface area contributed by atoms with E-state index in [0.717, 1.165) is 3.57 Å². The summed E-state index contributed by atoms with van der Waals surface area (Å²) >= 11 is 14.9. The van der Waals surface area contributed by atoms with E-state index in [4.69, 9.17) is 28.9 Å². The zero-order valence-electron chi connectivity index (χ0n) is 25.9. The first-order valence-electron chi connectivity index (χ1n) is 15.3. The van der Waals surface area contributed by atoms with E-state index >= 15 is 0 Å². The molecule has 1 saturated heterocycles. The second-order valence-electron chi connectivity index (χ2n) is 13.0. The number of nitriles is 1. The molecule has 4 atom stereocenters. The summed E-state index contributed by atoms with van der Waals surface area (Å²) in [7, 11) is 0. The van der Waals surface area contributed by atoms with Crippen molar-refractivity contribution in [1.82, 2.24) is 20.1 Å². The van der Waals surface area contributed by atoms with Gasteiger partial charge in [-0.05, 0) is 96.8 Å². The minimum Gasteiger partial charge on any atom is -0.477 e. The molecule has 3 unspecified atom stereocenters. The Morgan fingerprint density at radius 2 is 1.80 bits per heavy atom. The van der Waals surface area contributed by atoms with Crippen LogP contribution in [0.3, 0.4) is 0 Å². The van der Waals surface area contributed by atoms with Crippen LogP contribution in [-0.2, 0) is 31.1 Å². The Labute approximate surface area is 304 Å². The number of carbonyl (C=O) groups is 4. The predicted octanol–water partition coefficient (Wildman–Crippen LogP) is 4.09. The first kappa shape index (κ1) is 33.1. The highest BCUT2D eigenvalue weighted by molar-refractivity contribution is 14.1. The van der Waals surface area contributed by atoms with Crippen LogP contribution in [0.2, 0.25) is 10.0 Å². The number of anilines is 1. The molecule has 0 bridgehead atoms. The second-order valence-corrected chi connectivity index (χ2v) is 15.1. The number of hydrogen-bond donors (Lipinski definition) is 3. The summed E-state index contributed by atoms with van der Waals surface area (Å²) in [5, 5.41) is 23.3. The Morgan fingerprint density at radius 3 is 2.35 bits per heavy atom. The third-order valence-electron chi connectivity index (χ3n) is 9.90. The lowest BCUT2D eigenvalue weighted by Crippen LogP contribution is -2.53. The van der Waals surface area contributed by atoms with Crippen molar-refractivity contribution in [3.8, 4) is 6.07 Å². The molecule has 4 N–H and O–H groups in total. The number of rotatable bonds is 9. The highest BCUT2D eigenvalue weighted by atomic mass is 127. The molecule has 7 rings (SSSR count). The zero-order chi connectivity index (χ0) is 35.0. The maximum Gasteiger partial charge on any atom is 0.353 e. The lowest BCUT2D eigenvalue weighted by molar-refractivity contribution is -0.138. The molecule has 3 aromatic rings. The summed E-state index contributed by atoms with van der Waals surface area (Å²) < 4.78 is 0.932. The van der Waals surface area contributed by atoms with Crippen LogP contribution in [0.4, 0.5) is 5.69 Å². The highest BCUT2D eigenvalue weighted by Crippen LogP contribution is 2.57. The quantitative estimate of drug-likeness (QED) is 0.213. The number of pyridine rings is 1. The molecule has 12 nitrogen and oxygen atoms in total. The maximum atomic E-state index is 14.7. The van der Waals surface area contributed by atoms with Gasteiger partial charge in [-0.3, -0.25) is 24.3 Å². The highest BCUT2D eigenvalue weighted by Gasteiger charge is 2.72. The lowest BCUT2D eigenvalue weighted by Gasteiger charge is -2.37. The topological polar surface area (TPSA) is 173 Å². The van der Waals surface area contributed by atoms with Gasteiger partial charge < -0.3 is 26.0 Å². The van der Waals surface area contributed by atoms with Crippen LogP contribution in [0.1, 0.15) is 43.0 Å². The third kappa shape index (κ3) is 5.28. The van der Waals surface area contributed by atoms with Gasteiger partial charge in [0, 0.05) is 32.4 Å². The molecule has 3 amide bonds. The van der Waals surface area contributed by atoms with Crippen molar-refractivity contribution in [3.05, 3.63) is 103 Å². The molecule has 3 heterocycles. The normalized spacial score (nSPS) is 26.1. The monoisotopic (exact) mass is 811 g/mol. The molecule has 0 spiro atoms. The van der Waals surface area contributed by atoms with Crippen LogP contribution >= 0.6 is 45.8 Å². The first-order chi connectivity index (χ1) is 23.2. The van der Waals surface area contributed by atoms with Crippen molar-refractivity contribution in [1.29, 1.82) is 5.26 Å². The summed E-state index contributed by atoms with van der Waals surface area (Å²) in [5.74, 6) is -3.23. The molecule has 49 heavy (non-hydrogen) atoms. The summed E-state index contributed by atoms with van der Waals surface area (Å²) in [5.41, 5.74) is 3.90. The van der Waals surface area contributed by atoms with Crippen molar-refractivity contribution in [2.45, 2.75) is 56.0 Å². The fourth-order valence-corrected chi connectivity index (χ4v) is 7.98. The van der Waals surface area contributed by atoms with Gasteiger partial charge in [0.25, 0.3) is 5.91 Å². The number of aromatic nitrogens is 1. The molecule has 2 aliphatic carbocycles. The average molecular weight is 812 g/mol. The maximum absolute atomic E-state index is 14.7. The van der Waals surface area contributed by atoms with Crippen molar-refractivity contribution >= 4 is 75.2 Å². The molecule has 15 heteroatoms. The molecular formula is C34H28Cl2IN7O5. The minimum atomic E-state index is -1.72. The number of amides is 3. The second kappa shape index (κ2) is 11.6. The van der Waals surface area contributed by atoms with Crippen LogP contribution in [0.25, 0.3) is 0 Å². The van der Waals surface area contributed by atoms with E-state index in [1.54, 1.807) is 54.4 Å². The molecule has 2 saturated carbocycles. The number of benzene rings is 2. The van der Waals surface area contributed by atoms with Crippen LogP contribution in [0.5, 0.6) is 0 Å². The van der Waals surface area contributed by atoms with Gasteiger partial charge >= 0.3 is 5.97 Å². The fourth-order valence-electron chi connectivity index (χ4n) is 7.14. The first-order valence-corrected chi connectivity index (χ1v) is 17.1. The van der Waals surface area contributed by atoms with Gasteiger partial charge in [-0.25, -0.2) is 4.79 Å². The molecule has 3 fully saturated rings. The summed E-state index contributed by atoms with van der Waals surface area (Å²) in [6.07, 6.45) is 3.25. The van der Waals surface area contributed by atoms with E-state index in [1.165, 1.54) is 22.1 Å².